The van der Waals surface area contributed by atoms with Gasteiger partial charge in [0.05, 0.1) is 123 Å². The summed E-state index contributed by atoms with van der Waals surface area (Å²) in [5.41, 5.74) is -6.57. The highest BCUT2D eigenvalue weighted by atomic mass is 15.1. The molecule has 0 unspecified atom stereocenters. The molecule has 0 saturated heterocycles. The molecule has 0 aliphatic rings. The first-order valence-electron chi connectivity index (χ1n) is 35.2. The van der Waals surface area contributed by atoms with Crippen LogP contribution in [0.15, 0.2) is 236 Å². The zero-order valence-electron chi connectivity index (χ0n) is 62.3. The Morgan fingerprint density at radius 3 is 1.13 bits per heavy atom. The number of nitriles is 1. The molecule has 11 aromatic carbocycles. The Bertz CT molecular complexity index is 6250. The minimum atomic E-state index is -1.000. The summed E-state index contributed by atoms with van der Waals surface area (Å²) in [5, 5.41) is 11.8. The zero-order valence-corrected chi connectivity index (χ0v) is 38.3. The van der Waals surface area contributed by atoms with Crippen molar-refractivity contribution in [2.24, 2.45) is 0 Å². The van der Waals surface area contributed by atoms with E-state index in [0.29, 0.717) is 22.0 Å². The van der Waals surface area contributed by atoms with Gasteiger partial charge in [0.1, 0.15) is 6.07 Å². The highest BCUT2D eigenvalue weighted by molar-refractivity contribution is 6.21. The van der Waals surface area contributed by atoms with E-state index in [1.54, 1.807) is 30.3 Å². The predicted molar refractivity (Wildman–Crippen MR) is 309 cm³/mol. The topological polar surface area (TPSA) is 52.8 Å². The van der Waals surface area contributed by atoms with Gasteiger partial charge in [-0.1, -0.05) is 163 Å². The maximum atomic E-state index is 12.9. The zero-order chi connectivity index (χ0) is 70.4. The number of benzene rings is 11. The Hall–Kier alpha value is -10.6. The lowest BCUT2D eigenvalue weighted by Crippen LogP contribution is -2.14. The van der Waals surface area contributed by atoms with E-state index in [9.17, 15) is 36.5 Å². The summed E-state index contributed by atoms with van der Waals surface area (Å²) in [7, 11) is 0. The van der Waals surface area contributed by atoms with E-state index < -0.39 is 244 Å². The van der Waals surface area contributed by atoms with E-state index in [2.05, 4.69) is 10.9 Å². The Kier molecular flexibility index (Phi) is 4.99. The van der Waals surface area contributed by atoms with Gasteiger partial charge >= 0.3 is 0 Å². The molecular weight excluding hydrogens is 915 g/mol. The molecule has 0 fully saturated rings. The number of nitrogens with zero attached hydrogens (tertiary/aromatic N) is 7. The highest BCUT2D eigenvalue weighted by Crippen LogP contribution is 2.52. The van der Waals surface area contributed by atoms with Gasteiger partial charge in [0.2, 0.25) is 5.69 Å². The summed E-state index contributed by atoms with van der Waals surface area (Å²) in [4.78, 5) is 4.30. The molecule has 75 heavy (non-hydrogen) atoms. The molecule has 0 aliphatic carbocycles. The van der Waals surface area contributed by atoms with E-state index in [1.165, 1.54) is 4.57 Å². The van der Waals surface area contributed by atoms with Gasteiger partial charge in [-0.2, -0.15) is 5.26 Å². The van der Waals surface area contributed by atoms with E-state index in [-0.39, 0.29) is 11.0 Å². The average molecular weight is 978 g/mol. The van der Waals surface area contributed by atoms with Crippen LogP contribution in [0.25, 0.3) is 142 Å². The lowest BCUT2D eigenvalue weighted by atomic mass is 10.0. The van der Waals surface area contributed by atoms with Crippen molar-refractivity contribution in [3.63, 3.8) is 0 Å². The Labute approximate surface area is 462 Å². The summed E-state index contributed by atoms with van der Waals surface area (Å²) in [6, 6.07) is 7.06. The van der Waals surface area contributed by atoms with Gasteiger partial charge in [0.15, 0.2) is 0 Å². The number of hydrogen-bond donors (Lipinski definition) is 0. The normalized spacial score (nSPS) is 16.5. The molecule has 0 saturated carbocycles. The van der Waals surface area contributed by atoms with Crippen molar-refractivity contribution in [1.29, 1.82) is 5.26 Å². The van der Waals surface area contributed by atoms with Crippen molar-refractivity contribution in [3.8, 4) is 34.5 Å². The monoisotopic (exact) mass is 977 g/mol. The van der Waals surface area contributed by atoms with Gasteiger partial charge < -0.3 is 22.8 Å². The SMILES string of the molecule is [2H]c1c([2H])c([2H])c2c(c1[2H])c1c([2H])c([2H])c([2H])c([2H])c1n2-c1c(C#N)c(-n2c3ccccc3c3cc4c5ccccc5n(-c5ccccc5)c4cc32)c([N+]#[C-])c(-n2c3c([2H])c([2H])c([2H])c([2H])c3c3c([2H])c([2H])c([2H])c([2H])c32)c1-n1c2c([2H])c([2H])c([2H])c([2H])c2c2c([2H])c([2H])c([2H])c([2H])c21. The van der Waals surface area contributed by atoms with Crippen molar-refractivity contribution in [2.45, 2.75) is 0 Å². The summed E-state index contributed by atoms with van der Waals surface area (Å²) in [6.07, 6.45) is 0. The van der Waals surface area contributed by atoms with Crippen LogP contribution in [0.1, 0.15) is 38.5 Å². The highest BCUT2D eigenvalue weighted by Gasteiger charge is 2.35. The van der Waals surface area contributed by atoms with Crippen LogP contribution in [0.3, 0.4) is 0 Å². The van der Waals surface area contributed by atoms with Crippen LogP contribution >= 0.6 is 0 Å². The first-order valence-corrected chi connectivity index (χ1v) is 23.2. The van der Waals surface area contributed by atoms with Crippen LogP contribution in [-0.4, -0.2) is 22.8 Å². The summed E-state index contributed by atoms with van der Waals surface area (Å²) < 4.78 is 235. The fourth-order valence-electron chi connectivity index (χ4n) is 11.2. The predicted octanol–water partition coefficient (Wildman–Crippen LogP) is 17.6. The summed E-state index contributed by atoms with van der Waals surface area (Å²) >= 11 is 0. The molecule has 16 aromatic rings. The molecule has 16 rings (SSSR count). The molecule has 5 aromatic heterocycles. The summed E-state index contributed by atoms with van der Waals surface area (Å²) in [5.74, 6) is 0. The van der Waals surface area contributed by atoms with Gasteiger partial charge in [-0.25, -0.2) is 4.85 Å². The van der Waals surface area contributed by atoms with Crippen LogP contribution in [0.4, 0.5) is 5.69 Å². The van der Waals surface area contributed by atoms with Crippen molar-refractivity contribution in [1.82, 2.24) is 22.8 Å². The minimum Gasteiger partial charge on any atom is -0.317 e. The molecule has 5 heterocycles. The van der Waals surface area contributed by atoms with E-state index >= 15 is 0 Å². The number of rotatable bonds is 5. The first-order chi connectivity index (χ1) is 47.2. The molecule has 7 heteroatoms. The molecule has 0 amide bonds. The van der Waals surface area contributed by atoms with Crippen molar-refractivity contribution < 1.29 is 32.9 Å². The van der Waals surface area contributed by atoms with Crippen LogP contribution < -0.4 is 0 Å². The molecule has 7 nitrogen and oxygen atoms in total. The largest absolute Gasteiger partial charge is 0.317 e. The summed E-state index contributed by atoms with van der Waals surface area (Å²) in [6.45, 7) is 9.91. The van der Waals surface area contributed by atoms with Crippen LogP contribution in [0.2, 0.25) is 0 Å². The van der Waals surface area contributed by atoms with Crippen molar-refractivity contribution >= 4 is 115 Å². The fraction of sp³-hybridized carbons (Fsp3) is 0. The number of fused-ring (bicyclic) bond motifs is 15. The Balaban J connectivity index is 1.34. The molecule has 0 radical (unpaired) electrons. The molecule has 0 atom stereocenters. The second-order valence-corrected chi connectivity index (χ2v) is 17.6. The molecule has 0 spiro atoms. The smallest absolute Gasteiger partial charge is 0.237 e. The quantitative estimate of drug-likeness (QED) is 0.159. The molecule has 0 N–H and O–H groups in total. The second-order valence-electron chi connectivity index (χ2n) is 17.6. The van der Waals surface area contributed by atoms with Gasteiger partial charge in [-0.15, -0.1) is 0 Å². The third-order valence-electron chi connectivity index (χ3n) is 14.1. The van der Waals surface area contributed by atoms with Gasteiger partial charge in [0, 0.05) is 59.5 Å². The third kappa shape index (κ3) is 5.45. The maximum absolute atomic E-state index is 12.9. The standard InChI is InChI=1S/C68H39N7/c1-70-64-65(75-61-38-20-12-30-50(61)52-39-51-49-29-11-13-31-54(49)71(62(51)40-63(52)75)42-21-3-2-4-22-42)53(41-69)66(72-55-32-14-5-23-43(55)44-24-6-15-33-56(44)72)68(74-59-36-18-9-27-47(59)48-28-10-19-37-60(48)74)67(64)73-57-34-16-7-25-45(57)46-26-8-17-35-58(46)73/h2-40H/i5D,6D,7D,8D,9D,10D,14D,15D,16D,17D,18D,19D,23D,24D,25D,26D,27D,28D,32D,33D,34D,35D,36D,37D. The number of hydrogen-bond acceptors (Lipinski definition) is 1. The van der Waals surface area contributed by atoms with Gasteiger partial charge in [-0.3, -0.25) is 0 Å². The van der Waals surface area contributed by atoms with E-state index in [4.69, 9.17) is 8.22 Å². The molecule has 0 aliphatic heterocycles. The Morgan fingerprint density at radius 1 is 0.333 bits per heavy atom. The lowest BCUT2D eigenvalue weighted by molar-refractivity contribution is 1.03. The van der Waals surface area contributed by atoms with Gasteiger partial charge in [0.25, 0.3) is 0 Å². The first kappa shape index (κ1) is 24.2. The Morgan fingerprint density at radius 2 is 0.693 bits per heavy atom. The lowest BCUT2D eigenvalue weighted by Gasteiger charge is -2.27. The third-order valence-corrected chi connectivity index (χ3v) is 14.1. The van der Waals surface area contributed by atoms with Crippen LogP contribution in [0, 0.1) is 17.9 Å². The van der Waals surface area contributed by atoms with E-state index in [1.807, 2.05) is 65.2 Å². The van der Waals surface area contributed by atoms with Crippen LogP contribution in [-0.2, 0) is 0 Å². The minimum absolute atomic E-state index is 0.215. The van der Waals surface area contributed by atoms with Crippen molar-refractivity contribution in [3.05, 3.63) is 253 Å². The second kappa shape index (κ2) is 15.5. The van der Waals surface area contributed by atoms with Crippen LogP contribution in [0.5, 0.6) is 0 Å². The molecule has 0 bridgehead atoms. The van der Waals surface area contributed by atoms with E-state index in [0.717, 1.165) is 30.0 Å². The van der Waals surface area contributed by atoms with Gasteiger partial charge in [-0.05, 0) is 72.7 Å². The van der Waals surface area contributed by atoms with Crippen molar-refractivity contribution in [2.75, 3.05) is 0 Å². The maximum Gasteiger partial charge on any atom is 0.237 e. The number of aromatic nitrogens is 5. The average Bonchev–Trinajstić information content (AvgIpc) is 1.53. The molecule has 346 valence electrons. The molecular formula is C68H39N7. The fourth-order valence-corrected chi connectivity index (χ4v) is 11.2. The number of para-hydroxylation sites is 9.